The summed E-state index contributed by atoms with van der Waals surface area (Å²) in [7, 11) is 0. The minimum absolute atomic E-state index is 1.17. The van der Waals surface area contributed by atoms with Gasteiger partial charge in [-0.3, -0.25) is 0 Å². The Morgan fingerprint density at radius 3 is 2.11 bits per heavy atom. The van der Waals surface area contributed by atoms with Crippen LogP contribution < -0.4 is 5.32 Å². The molecule has 18 heavy (non-hydrogen) atoms. The predicted molar refractivity (Wildman–Crippen MR) is 83.9 cm³/mol. The quantitative estimate of drug-likeness (QED) is 0.408. The van der Waals surface area contributed by atoms with Crippen LogP contribution in [0.1, 0.15) is 91.4 Å². The number of rotatable bonds is 13. The fourth-order valence-electron chi connectivity index (χ4n) is 2.18. The molecule has 108 valence electrons. The summed E-state index contributed by atoms with van der Waals surface area (Å²) in [4.78, 5) is 0. The van der Waals surface area contributed by atoms with Gasteiger partial charge in [-0.25, -0.2) is 0 Å². The lowest BCUT2D eigenvalue weighted by atomic mass is 10.1. The topological polar surface area (TPSA) is 12.0 Å². The van der Waals surface area contributed by atoms with Crippen LogP contribution in [0.15, 0.2) is 11.8 Å². The second kappa shape index (κ2) is 14.6. The maximum Gasteiger partial charge on any atom is 0.0143 e. The molecular formula is C17H35N. The first-order valence-electron chi connectivity index (χ1n) is 8.28. The molecular weight excluding hydrogens is 218 g/mol. The van der Waals surface area contributed by atoms with Crippen molar-refractivity contribution in [2.75, 3.05) is 6.54 Å². The zero-order chi connectivity index (χ0) is 13.5. The van der Waals surface area contributed by atoms with Crippen molar-refractivity contribution in [3.8, 4) is 0 Å². The Kier molecular flexibility index (Phi) is 14.2. The highest BCUT2D eigenvalue weighted by Gasteiger charge is 1.95. The third-order valence-electron chi connectivity index (χ3n) is 3.35. The first-order valence-corrected chi connectivity index (χ1v) is 8.28. The number of hydrogen-bond donors (Lipinski definition) is 1. The Morgan fingerprint density at radius 1 is 0.778 bits per heavy atom. The summed E-state index contributed by atoms with van der Waals surface area (Å²) in [5.74, 6) is 0. The molecule has 0 atom stereocenters. The lowest BCUT2D eigenvalue weighted by Crippen LogP contribution is -2.14. The molecule has 0 fully saturated rings. The van der Waals surface area contributed by atoms with Gasteiger partial charge in [-0.15, -0.1) is 0 Å². The molecule has 0 radical (unpaired) electrons. The van der Waals surface area contributed by atoms with E-state index in [4.69, 9.17) is 0 Å². The molecule has 0 spiro atoms. The smallest absolute Gasteiger partial charge is 0.0143 e. The monoisotopic (exact) mass is 253 g/mol. The number of hydrogen-bond acceptors (Lipinski definition) is 1. The van der Waals surface area contributed by atoms with Gasteiger partial charge in [-0.1, -0.05) is 71.8 Å². The largest absolute Gasteiger partial charge is 0.389 e. The standard InChI is InChI=1S/C17H35N/c1-4-7-9-11-13-16-18-17(14-6-3)15-12-10-8-5-2/h15,18H,4-14,16H2,1-3H3. The number of allylic oxidation sites excluding steroid dienone is 2. The molecule has 0 saturated heterocycles. The molecule has 0 saturated carbocycles. The van der Waals surface area contributed by atoms with Crippen LogP contribution >= 0.6 is 0 Å². The Morgan fingerprint density at radius 2 is 1.44 bits per heavy atom. The van der Waals surface area contributed by atoms with Crippen molar-refractivity contribution in [2.24, 2.45) is 0 Å². The second-order valence-electron chi connectivity index (χ2n) is 5.32. The van der Waals surface area contributed by atoms with Crippen molar-refractivity contribution in [3.05, 3.63) is 11.8 Å². The van der Waals surface area contributed by atoms with Gasteiger partial charge in [-0.2, -0.15) is 0 Å². The summed E-state index contributed by atoms with van der Waals surface area (Å²) in [6, 6.07) is 0. The molecule has 0 bridgehead atoms. The molecule has 0 heterocycles. The molecule has 0 unspecified atom stereocenters. The molecule has 0 aromatic carbocycles. The summed E-state index contributed by atoms with van der Waals surface area (Å²) < 4.78 is 0. The third-order valence-corrected chi connectivity index (χ3v) is 3.35. The molecule has 0 aliphatic rings. The van der Waals surface area contributed by atoms with Crippen LogP contribution in [0.25, 0.3) is 0 Å². The Balaban J connectivity index is 3.61. The summed E-state index contributed by atoms with van der Waals surface area (Å²) >= 11 is 0. The fourth-order valence-corrected chi connectivity index (χ4v) is 2.18. The van der Waals surface area contributed by atoms with Gasteiger partial charge in [-0.05, 0) is 25.7 Å². The Bertz CT molecular complexity index is 184. The van der Waals surface area contributed by atoms with Crippen LogP contribution in [0.3, 0.4) is 0 Å². The third kappa shape index (κ3) is 12.0. The van der Waals surface area contributed by atoms with Gasteiger partial charge < -0.3 is 5.32 Å². The average Bonchev–Trinajstić information content (AvgIpc) is 2.38. The van der Waals surface area contributed by atoms with Crippen molar-refractivity contribution in [2.45, 2.75) is 91.4 Å². The van der Waals surface area contributed by atoms with E-state index in [-0.39, 0.29) is 0 Å². The highest BCUT2D eigenvalue weighted by atomic mass is 14.9. The zero-order valence-corrected chi connectivity index (χ0v) is 13.1. The molecule has 0 aliphatic heterocycles. The molecule has 1 N–H and O–H groups in total. The first-order chi connectivity index (χ1) is 8.85. The second-order valence-corrected chi connectivity index (χ2v) is 5.32. The van der Waals surface area contributed by atoms with E-state index in [0.29, 0.717) is 0 Å². The minimum atomic E-state index is 1.17. The summed E-state index contributed by atoms with van der Waals surface area (Å²) in [5.41, 5.74) is 1.49. The van der Waals surface area contributed by atoms with Crippen molar-refractivity contribution >= 4 is 0 Å². The van der Waals surface area contributed by atoms with Crippen molar-refractivity contribution < 1.29 is 0 Å². The van der Waals surface area contributed by atoms with E-state index < -0.39 is 0 Å². The van der Waals surface area contributed by atoms with Crippen molar-refractivity contribution in [1.82, 2.24) is 5.32 Å². The average molecular weight is 253 g/mol. The Labute approximate surface area is 115 Å². The van der Waals surface area contributed by atoms with Crippen molar-refractivity contribution in [3.63, 3.8) is 0 Å². The van der Waals surface area contributed by atoms with E-state index in [1.165, 1.54) is 82.9 Å². The molecule has 0 aromatic heterocycles. The van der Waals surface area contributed by atoms with Gasteiger partial charge in [0, 0.05) is 12.2 Å². The van der Waals surface area contributed by atoms with Crippen LogP contribution in [0.5, 0.6) is 0 Å². The normalized spacial score (nSPS) is 11.8. The SMILES string of the molecule is CCCCCC=C(CCC)NCCCCCCC. The van der Waals surface area contributed by atoms with Gasteiger partial charge in [0.2, 0.25) is 0 Å². The van der Waals surface area contributed by atoms with Crippen LogP contribution in [0.2, 0.25) is 0 Å². The molecule has 0 aliphatic carbocycles. The van der Waals surface area contributed by atoms with Crippen molar-refractivity contribution in [1.29, 1.82) is 0 Å². The number of unbranched alkanes of at least 4 members (excludes halogenated alkanes) is 7. The van der Waals surface area contributed by atoms with Gasteiger partial charge in [0.15, 0.2) is 0 Å². The Hall–Kier alpha value is -0.460. The maximum absolute atomic E-state index is 3.64. The fraction of sp³-hybridized carbons (Fsp3) is 0.882. The highest BCUT2D eigenvalue weighted by Crippen LogP contribution is 2.07. The lowest BCUT2D eigenvalue weighted by molar-refractivity contribution is 0.601. The molecule has 0 rings (SSSR count). The molecule has 0 amide bonds. The molecule has 1 heteroatoms. The van der Waals surface area contributed by atoms with E-state index >= 15 is 0 Å². The van der Waals surface area contributed by atoms with Crippen LogP contribution in [-0.4, -0.2) is 6.54 Å². The first kappa shape index (κ1) is 17.5. The summed E-state index contributed by atoms with van der Waals surface area (Å²) in [6.45, 7) is 7.98. The van der Waals surface area contributed by atoms with Crippen LogP contribution in [-0.2, 0) is 0 Å². The zero-order valence-electron chi connectivity index (χ0n) is 13.1. The summed E-state index contributed by atoms with van der Waals surface area (Å²) in [6.07, 6.45) is 17.1. The maximum atomic E-state index is 3.64. The highest BCUT2D eigenvalue weighted by molar-refractivity contribution is 4.99. The van der Waals surface area contributed by atoms with Gasteiger partial charge in [0.25, 0.3) is 0 Å². The van der Waals surface area contributed by atoms with Crippen LogP contribution in [0.4, 0.5) is 0 Å². The molecule has 0 aromatic rings. The lowest BCUT2D eigenvalue weighted by Gasteiger charge is -2.10. The van der Waals surface area contributed by atoms with E-state index in [2.05, 4.69) is 32.2 Å². The van der Waals surface area contributed by atoms with E-state index in [1.807, 2.05) is 0 Å². The summed E-state index contributed by atoms with van der Waals surface area (Å²) in [5, 5.41) is 3.64. The van der Waals surface area contributed by atoms with Crippen LogP contribution in [0, 0.1) is 0 Å². The van der Waals surface area contributed by atoms with E-state index in [0.717, 1.165) is 0 Å². The minimum Gasteiger partial charge on any atom is -0.389 e. The van der Waals surface area contributed by atoms with Gasteiger partial charge in [0.1, 0.15) is 0 Å². The predicted octanol–water partition coefficient (Wildman–Crippen LogP) is 5.81. The van der Waals surface area contributed by atoms with E-state index in [1.54, 1.807) is 0 Å². The van der Waals surface area contributed by atoms with Gasteiger partial charge >= 0.3 is 0 Å². The van der Waals surface area contributed by atoms with E-state index in [9.17, 15) is 0 Å². The van der Waals surface area contributed by atoms with Gasteiger partial charge in [0.05, 0.1) is 0 Å². The number of nitrogens with one attached hydrogen (secondary N) is 1. The molecule has 1 nitrogen and oxygen atoms in total.